The molecule has 6 N–H and O–H groups in total. The lowest BCUT2D eigenvalue weighted by atomic mass is 9.99. The van der Waals surface area contributed by atoms with Gasteiger partial charge in [0.15, 0.2) is 0 Å². The van der Waals surface area contributed by atoms with Gasteiger partial charge in [0.1, 0.15) is 41.5 Å². The van der Waals surface area contributed by atoms with Gasteiger partial charge in [-0.05, 0) is 6.07 Å². The van der Waals surface area contributed by atoms with Crippen molar-refractivity contribution in [2.24, 2.45) is 0 Å². The molecule has 2 aromatic carbocycles. The maximum absolute atomic E-state index is 11.4. The van der Waals surface area contributed by atoms with Crippen LogP contribution in [0, 0.1) is 0 Å². The van der Waals surface area contributed by atoms with Crippen LogP contribution in [0.2, 0.25) is 0 Å². The van der Waals surface area contributed by atoms with E-state index in [2.05, 4.69) is 0 Å². The molecule has 26 heavy (non-hydrogen) atoms. The highest BCUT2D eigenvalue weighted by molar-refractivity contribution is 6.03. The van der Waals surface area contributed by atoms with Crippen molar-refractivity contribution in [3.8, 4) is 11.5 Å². The summed E-state index contributed by atoms with van der Waals surface area (Å²) in [5.41, 5.74) is -0.414. The van der Waals surface area contributed by atoms with Crippen LogP contribution in [-0.2, 0) is 4.74 Å². The molecule has 3 rings (SSSR count). The second-order valence-electron chi connectivity index (χ2n) is 5.94. The molecule has 1 aliphatic heterocycles. The molecule has 0 bridgehead atoms. The largest absolute Gasteiger partial charge is 0.506 e. The Balaban J connectivity index is 2.03. The summed E-state index contributed by atoms with van der Waals surface area (Å²) < 4.78 is 10.8. The SMILES string of the molecule is O=C(O)c1cc(O[C@H]2O[C@@H](CO)[C@H](O)[C@@H](O)[C@@H]2O)c2ccccc2c1O. The van der Waals surface area contributed by atoms with Gasteiger partial charge in [-0.3, -0.25) is 0 Å². The molecular formula is C17H18O9. The monoisotopic (exact) mass is 366 g/mol. The molecule has 1 aliphatic rings. The Hall–Kier alpha value is -2.43. The number of aliphatic hydroxyl groups is 4. The van der Waals surface area contributed by atoms with Gasteiger partial charge < -0.3 is 40.1 Å². The summed E-state index contributed by atoms with van der Waals surface area (Å²) in [7, 11) is 0. The summed E-state index contributed by atoms with van der Waals surface area (Å²) in [5.74, 6) is -1.83. The molecule has 9 nitrogen and oxygen atoms in total. The first kappa shape index (κ1) is 18.4. The van der Waals surface area contributed by atoms with Gasteiger partial charge in [-0.15, -0.1) is 0 Å². The smallest absolute Gasteiger partial charge is 0.339 e. The van der Waals surface area contributed by atoms with E-state index in [4.69, 9.17) is 9.47 Å². The van der Waals surface area contributed by atoms with Gasteiger partial charge in [-0.25, -0.2) is 4.79 Å². The fourth-order valence-electron chi connectivity index (χ4n) is 2.88. The van der Waals surface area contributed by atoms with Crippen LogP contribution >= 0.6 is 0 Å². The summed E-state index contributed by atoms with van der Waals surface area (Å²) in [6, 6.07) is 7.38. The van der Waals surface area contributed by atoms with Crippen molar-refractivity contribution < 1.29 is 44.9 Å². The highest BCUT2D eigenvalue weighted by atomic mass is 16.7. The number of rotatable bonds is 4. The first-order chi connectivity index (χ1) is 12.3. The van der Waals surface area contributed by atoms with Crippen LogP contribution in [0.3, 0.4) is 0 Å². The normalized spacial score (nSPS) is 28.8. The molecule has 0 radical (unpaired) electrons. The molecule has 0 saturated carbocycles. The Morgan fingerprint density at radius 1 is 1.08 bits per heavy atom. The Bertz CT molecular complexity index is 819. The fourth-order valence-corrected chi connectivity index (χ4v) is 2.88. The van der Waals surface area contributed by atoms with Crippen molar-refractivity contribution in [2.75, 3.05) is 6.61 Å². The number of phenols is 1. The molecule has 2 aromatic rings. The number of carboxylic acids is 1. The topological polar surface area (TPSA) is 157 Å². The fraction of sp³-hybridized carbons (Fsp3) is 0.353. The number of aromatic hydroxyl groups is 1. The number of hydrogen-bond donors (Lipinski definition) is 6. The first-order valence-electron chi connectivity index (χ1n) is 7.80. The van der Waals surface area contributed by atoms with Crippen LogP contribution in [0.4, 0.5) is 0 Å². The number of benzene rings is 2. The number of carboxylic acid groups (broad SMARTS) is 1. The molecule has 140 valence electrons. The minimum atomic E-state index is -1.64. The standard InChI is InChI=1S/C17H18O9/c18-6-11-13(20)14(21)15(22)17(26-11)25-10-5-9(16(23)24)12(19)8-4-2-1-3-7(8)10/h1-5,11,13-15,17-22H,6H2,(H,23,24)/t11-,13-,14+,15-,17-/m0/s1. The van der Waals surface area contributed by atoms with E-state index in [0.29, 0.717) is 5.39 Å². The Morgan fingerprint density at radius 2 is 1.73 bits per heavy atom. The zero-order valence-corrected chi connectivity index (χ0v) is 13.4. The first-order valence-corrected chi connectivity index (χ1v) is 7.80. The van der Waals surface area contributed by atoms with E-state index in [9.17, 15) is 35.4 Å². The highest BCUT2D eigenvalue weighted by Gasteiger charge is 2.44. The molecule has 0 aromatic heterocycles. The van der Waals surface area contributed by atoms with Gasteiger partial charge in [0.05, 0.1) is 6.61 Å². The number of fused-ring (bicyclic) bond motifs is 1. The van der Waals surface area contributed by atoms with Crippen LogP contribution < -0.4 is 4.74 Å². The second kappa shape index (κ2) is 7.06. The Labute approximate surface area is 147 Å². The van der Waals surface area contributed by atoms with Gasteiger partial charge in [0.25, 0.3) is 0 Å². The minimum absolute atomic E-state index is 0.0138. The molecule has 9 heteroatoms. The van der Waals surface area contributed by atoms with E-state index in [0.717, 1.165) is 6.07 Å². The average molecular weight is 366 g/mol. The highest BCUT2D eigenvalue weighted by Crippen LogP contribution is 2.37. The third-order valence-electron chi connectivity index (χ3n) is 4.30. The van der Waals surface area contributed by atoms with Gasteiger partial charge in [0, 0.05) is 10.8 Å². The Kier molecular flexibility index (Phi) is 4.99. The van der Waals surface area contributed by atoms with Crippen molar-refractivity contribution in [1.82, 2.24) is 0 Å². The van der Waals surface area contributed by atoms with Crippen molar-refractivity contribution >= 4 is 16.7 Å². The number of aromatic carboxylic acids is 1. The third-order valence-corrected chi connectivity index (χ3v) is 4.30. The molecule has 0 spiro atoms. The van der Waals surface area contributed by atoms with E-state index < -0.39 is 54.6 Å². The predicted octanol–water partition coefficient (Wildman–Crippen LogP) is -0.578. The number of hydrogen-bond acceptors (Lipinski definition) is 8. The lowest BCUT2D eigenvalue weighted by Crippen LogP contribution is -2.60. The van der Waals surface area contributed by atoms with Crippen LogP contribution in [0.1, 0.15) is 10.4 Å². The molecule has 0 amide bonds. The number of carbonyl (C=O) groups is 1. The second-order valence-corrected chi connectivity index (χ2v) is 5.94. The molecule has 1 fully saturated rings. The number of ether oxygens (including phenoxy) is 2. The summed E-state index contributed by atoms with van der Waals surface area (Å²) in [6.45, 7) is -0.624. The van der Waals surface area contributed by atoms with Crippen LogP contribution in [0.25, 0.3) is 10.8 Å². The Morgan fingerprint density at radius 3 is 2.35 bits per heavy atom. The van der Waals surface area contributed by atoms with Crippen LogP contribution in [0.5, 0.6) is 11.5 Å². The maximum Gasteiger partial charge on any atom is 0.339 e. The lowest BCUT2D eigenvalue weighted by molar-refractivity contribution is -0.277. The molecule has 0 aliphatic carbocycles. The van der Waals surface area contributed by atoms with E-state index in [1.54, 1.807) is 18.2 Å². The van der Waals surface area contributed by atoms with Crippen molar-refractivity contribution in [1.29, 1.82) is 0 Å². The number of aliphatic hydroxyl groups excluding tert-OH is 4. The minimum Gasteiger partial charge on any atom is -0.506 e. The summed E-state index contributed by atoms with van der Waals surface area (Å²) in [5, 5.41) is 58.9. The van der Waals surface area contributed by atoms with Gasteiger partial charge in [0.2, 0.25) is 6.29 Å². The van der Waals surface area contributed by atoms with Crippen molar-refractivity contribution in [3.05, 3.63) is 35.9 Å². The van der Waals surface area contributed by atoms with Gasteiger partial charge in [-0.2, -0.15) is 0 Å². The quantitative estimate of drug-likeness (QED) is 0.416. The van der Waals surface area contributed by atoms with Crippen molar-refractivity contribution in [3.63, 3.8) is 0 Å². The van der Waals surface area contributed by atoms with E-state index in [1.165, 1.54) is 6.07 Å². The van der Waals surface area contributed by atoms with E-state index in [1.807, 2.05) is 0 Å². The van der Waals surface area contributed by atoms with Crippen molar-refractivity contribution in [2.45, 2.75) is 30.7 Å². The van der Waals surface area contributed by atoms with Gasteiger partial charge >= 0.3 is 5.97 Å². The predicted molar refractivity (Wildman–Crippen MR) is 87.0 cm³/mol. The molecule has 1 saturated heterocycles. The summed E-state index contributed by atoms with van der Waals surface area (Å²) in [6.07, 6.45) is -7.45. The molecular weight excluding hydrogens is 348 g/mol. The van der Waals surface area contributed by atoms with E-state index >= 15 is 0 Å². The van der Waals surface area contributed by atoms with E-state index in [-0.39, 0.29) is 11.1 Å². The summed E-state index contributed by atoms with van der Waals surface area (Å²) >= 11 is 0. The third kappa shape index (κ3) is 3.06. The van der Waals surface area contributed by atoms with Crippen LogP contribution in [0.15, 0.2) is 30.3 Å². The zero-order valence-electron chi connectivity index (χ0n) is 13.4. The average Bonchev–Trinajstić information content (AvgIpc) is 2.64. The molecule has 5 atom stereocenters. The van der Waals surface area contributed by atoms with Crippen LogP contribution in [-0.4, -0.2) is 73.9 Å². The van der Waals surface area contributed by atoms with Gasteiger partial charge in [-0.1, -0.05) is 24.3 Å². The molecule has 1 heterocycles. The zero-order chi connectivity index (χ0) is 19.0. The summed E-state index contributed by atoms with van der Waals surface area (Å²) in [4.78, 5) is 11.4. The maximum atomic E-state index is 11.4. The molecule has 0 unspecified atom stereocenters. The lowest BCUT2D eigenvalue weighted by Gasteiger charge is -2.39.